The predicted molar refractivity (Wildman–Crippen MR) is 151 cm³/mol. The summed E-state index contributed by atoms with van der Waals surface area (Å²) in [6.07, 6.45) is 0.547. The van der Waals surface area contributed by atoms with Gasteiger partial charge in [-0.3, -0.25) is 10.1 Å². The van der Waals surface area contributed by atoms with Gasteiger partial charge in [0, 0.05) is 49.0 Å². The number of hydrogen-bond acceptors (Lipinski definition) is 5. The average Bonchev–Trinajstić information content (AvgIpc) is 3.26. The van der Waals surface area contributed by atoms with E-state index in [2.05, 4.69) is 17.0 Å². The monoisotopic (exact) mass is 535 g/mol. The number of carbonyl (C=O) groups excluding carboxylic acids is 1. The summed E-state index contributed by atoms with van der Waals surface area (Å²) >= 11 is 6.17. The Balaban J connectivity index is 1.61. The van der Waals surface area contributed by atoms with Crippen LogP contribution in [0.15, 0.2) is 78.9 Å². The molecule has 38 heavy (non-hydrogen) atoms. The number of amides is 1. The maximum atomic E-state index is 13.0. The van der Waals surface area contributed by atoms with E-state index < -0.39 is 5.60 Å². The highest BCUT2D eigenvalue weighted by atomic mass is 35.5. The summed E-state index contributed by atoms with van der Waals surface area (Å²) < 4.78 is 5.70. The van der Waals surface area contributed by atoms with Gasteiger partial charge in [-0.1, -0.05) is 54.1 Å². The summed E-state index contributed by atoms with van der Waals surface area (Å²) in [6.45, 7) is 7.97. The number of anilines is 1. The SMILES string of the molecule is CC(C)(C)OC(=O)N1CC(Cc2ccccc2)C(CN(Cc2cccc([N+](=O)[O-])c2)c2ccc(Cl)cc2)C1. The molecule has 1 saturated heterocycles. The first-order valence-corrected chi connectivity index (χ1v) is 13.2. The maximum Gasteiger partial charge on any atom is 0.410 e. The van der Waals surface area contributed by atoms with Crippen LogP contribution >= 0.6 is 11.6 Å². The number of nitro groups is 1. The molecule has 0 aromatic heterocycles. The minimum atomic E-state index is -0.568. The average molecular weight is 536 g/mol. The van der Waals surface area contributed by atoms with Gasteiger partial charge in [0.25, 0.3) is 5.69 Å². The normalized spacial score (nSPS) is 17.3. The third kappa shape index (κ3) is 7.48. The second-order valence-corrected chi connectivity index (χ2v) is 11.3. The molecule has 0 bridgehead atoms. The van der Waals surface area contributed by atoms with Gasteiger partial charge in [-0.25, -0.2) is 4.79 Å². The van der Waals surface area contributed by atoms with Gasteiger partial charge in [-0.2, -0.15) is 0 Å². The largest absolute Gasteiger partial charge is 0.444 e. The molecule has 7 nitrogen and oxygen atoms in total. The van der Waals surface area contributed by atoms with Crippen molar-refractivity contribution in [3.8, 4) is 0 Å². The number of nitrogens with zero attached hydrogens (tertiary/aromatic N) is 3. The number of nitro benzene ring substituents is 1. The lowest BCUT2D eigenvalue weighted by atomic mass is 9.89. The van der Waals surface area contributed by atoms with Crippen LogP contribution < -0.4 is 4.90 Å². The number of halogens is 1. The molecule has 0 N–H and O–H groups in total. The number of rotatable bonds is 8. The number of hydrogen-bond donors (Lipinski definition) is 0. The Morgan fingerprint density at radius 2 is 1.66 bits per heavy atom. The maximum absolute atomic E-state index is 13.0. The van der Waals surface area contributed by atoms with Gasteiger partial charge in [0.05, 0.1) is 4.92 Å². The molecule has 2 atom stereocenters. The molecule has 1 amide bonds. The van der Waals surface area contributed by atoms with Gasteiger partial charge in [0.2, 0.25) is 0 Å². The number of carbonyl (C=O) groups is 1. The molecule has 0 spiro atoms. The van der Waals surface area contributed by atoms with Crippen LogP contribution in [0, 0.1) is 22.0 Å². The summed E-state index contributed by atoms with van der Waals surface area (Å²) in [7, 11) is 0. The van der Waals surface area contributed by atoms with E-state index >= 15 is 0 Å². The van der Waals surface area contributed by atoms with Crippen LogP contribution in [-0.4, -0.2) is 41.2 Å². The number of ether oxygens (including phenoxy) is 1. The lowest BCUT2D eigenvalue weighted by molar-refractivity contribution is -0.384. The van der Waals surface area contributed by atoms with Crippen molar-refractivity contribution in [1.82, 2.24) is 4.90 Å². The molecule has 1 aliphatic rings. The molecule has 3 aromatic carbocycles. The van der Waals surface area contributed by atoms with Crippen LogP contribution in [0.5, 0.6) is 0 Å². The Bertz CT molecular complexity index is 1240. The Kier molecular flexibility index (Phi) is 8.57. The Morgan fingerprint density at radius 3 is 2.32 bits per heavy atom. The van der Waals surface area contributed by atoms with Crippen LogP contribution in [0.25, 0.3) is 0 Å². The molecule has 1 aliphatic heterocycles. The highest BCUT2D eigenvalue weighted by Gasteiger charge is 2.38. The van der Waals surface area contributed by atoms with Crippen molar-refractivity contribution in [2.75, 3.05) is 24.5 Å². The first kappa shape index (κ1) is 27.5. The van der Waals surface area contributed by atoms with E-state index in [9.17, 15) is 14.9 Å². The lowest BCUT2D eigenvalue weighted by Crippen LogP contribution is -2.36. The minimum Gasteiger partial charge on any atom is -0.444 e. The molecule has 0 saturated carbocycles. The van der Waals surface area contributed by atoms with Crippen molar-refractivity contribution in [3.63, 3.8) is 0 Å². The standard InChI is InChI=1S/C30H34ClN3O4/c1-30(2,3)38-29(35)33-19-24(16-22-8-5-4-6-9-22)25(21-33)20-32(27-14-12-26(31)13-15-27)18-23-10-7-11-28(17-23)34(36)37/h4-15,17,24-25H,16,18-21H2,1-3H3. The van der Waals surface area contributed by atoms with Crippen LogP contribution in [0.2, 0.25) is 5.02 Å². The smallest absolute Gasteiger partial charge is 0.410 e. The summed E-state index contributed by atoms with van der Waals surface area (Å²) in [4.78, 5) is 28.0. The van der Waals surface area contributed by atoms with Crippen LogP contribution in [-0.2, 0) is 17.7 Å². The van der Waals surface area contributed by atoms with Crippen molar-refractivity contribution in [2.45, 2.75) is 39.3 Å². The fraction of sp³-hybridized carbons (Fsp3) is 0.367. The van der Waals surface area contributed by atoms with Gasteiger partial charge in [-0.05, 0) is 74.4 Å². The summed E-state index contributed by atoms with van der Waals surface area (Å²) in [5, 5.41) is 12.0. The van der Waals surface area contributed by atoms with E-state index in [1.54, 1.807) is 12.1 Å². The Morgan fingerprint density at radius 1 is 1.00 bits per heavy atom. The second kappa shape index (κ2) is 11.9. The molecular formula is C30H34ClN3O4. The molecule has 1 heterocycles. The van der Waals surface area contributed by atoms with Gasteiger partial charge in [0.15, 0.2) is 0 Å². The number of likely N-dealkylation sites (tertiary alicyclic amines) is 1. The predicted octanol–water partition coefficient (Wildman–Crippen LogP) is 6.98. The summed E-state index contributed by atoms with van der Waals surface area (Å²) in [5.74, 6) is 0.391. The molecule has 0 aliphatic carbocycles. The van der Waals surface area contributed by atoms with Crippen molar-refractivity contribution in [1.29, 1.82) is 0 Å². The van der Waals surface area contributed by atoms with Crippen LogP contribution in [0.3, 0.4) is 0 Å². The van der Waals surface area contributed by atoms with Crippen molar-refractivity contribution < 1.29 is 14.5 Å². The summed E-state index contributed by atoms with van der Waals surface area (Å²) in [6, 6.07) is 24.7. The molecule has 200 valence electrons. The molecule has 3 aromatic rings. The van der Waals surface area contributed by atoms with E-state index in [1.165, 1.54) is 11.6 Å². The highest BCUT2D eigenvalue weighted by Crippen LogP contribution is 2.32. The zero-order valence-electron chi connectivity index (χ0n) is 22.0. The third-order valence-corrected chi connectivity index (χ3v) is 6.96. The quantitative estimate of drug-likeness (QED) is 0.230. The third-order valence-electron chi connectivity index (χ3n) is 6.71. The lowest BCUT2D eigenvalue weighted by Gasteiger charge is -2.30. The number of non-ortho nitro benzene ring substituents is 1. The molecule has 0 radical (unpaired) electrons. The first-order chi connectivity index (χ1) is 18.1. The Labute approximate surface area is 229 Å². The van der Waals surface area contributed by atoms with Crippen molar-refractivity contribution >= 4 is 29.1 Å². The highest BCUT2D eigenvalue weighted by molar-refractivity contribution is 6.30. The van der Waals surface area contributed by atoms with E-state index in [0.717, 1.165) is 17.7 Å². The molecular weight excluding hydrogens is 502 g/mol. The van der Waals surface area contributed by atoms with Gasteiger partial charge in [-0.15, -0.1) is 0 Å². The molecule has 8 heteroatoms. The first-order valence-electron chi connectivity index (χ1n) is 12.8. The van der Waals surface area contributed by atoms with Gasteiger partial charge >= 0.3 is 6.09 Å². The van der Waals surface area contributed by atoms with Crippen LogP contribution in [0.4, 0.5) is 16.2 Å². The summed E-state index contributed by atoms with van der Waals surface area (Å²) in [5.41, 5.74) is 2.54. The minimum absolute atomic E-state index is 0.0671. The zero-order valence-corrected chi connectivity index (χ0v) is 22.8. The van der Waals surface area contributed by atoms with Crippen molar-refractivity contribution in [2.24, 2.45) is 11.8 Å². The fourth-order valence-electron chi connectivity index (χ4n) is 4.95. The van der Waals surface area contributed by atoms with E-state index in [0.29, 0.717) is 31.2 Å². The van der Waals surface area contributed by atoms with Gasteiger partial charge < -0.3 is 14.5 Å². The van der Waals surface area contributed by atoms with Crippen molar-refractivity contribution in [3.05, 3.63) is 105 Å². The zero-order chi connectivity index (χ0) is 27.3. The van der Waals surface area contributed by atoms with E-state index in [4.69, 9.17) is 16.3 Å². The molecule has 1 fully saturated rings. The number of benzene rings is 3. The fourth-order valence-corrected chi connectivity index (χ4v) is 5.08. The second-order valence-electron chi connectivity index (χ2n) is 10.9. The molecule has 2 unspecified atom stereocenters. The molecule has 4 rings (SSSR count). The van der Waals surface area contributed by atoms with E-state index in [-0.39, 0.29) is 28.5 Å². The van der Waals surface area contributed by atoms with Gasteiger partial charge in [0.1, 0.15) is 5.60 Å². The topological polar surface area (TPSA) is 75.9 Å². The Hall–Kier alpha value is -3.58. The van der Waals surface area contributed by atoms with E-state index in [1.807, 2.05) is 74.2 Å². The van der Waals surface area contributed by atoms with Crippen LogP contribution in [0.1, 0.15) is 31.9 Å².